The maximum Gasteiger partial charge on any atom is 0.0685 e. The van der Waals surface area contributed by atoms with Gasteiger partial charge in [-0.05, 0) is 56.4 Å². The van der Waals surface area contributed by atoms with Crippen LogP contribution in [0.5, 0.6) is 0 Å². The summed E-state index contributed by atoms with van der Waals surface area (Å²) in [6.07, 6.45) is 10.6. The largest absolute Gasteiger partial charge is 0.375 e. The van der Waals surface area contributed by atoms with Gasteiger partial charge in [0.25, 0.3) is 0 Å². The number of hydrogen-bond acceptors (Lipinski definition) is 2. The van der Waals surface area contributed by atoms with Crippen LogP contribution in [0.4, 0.5) is 0 Å². The summed E-state index contributed by atoms with van der Waals surface area (Å²) in [6, 6.07) is 0.674. The zero-order chi connectivity index (χ0) is 15.3. The Balaban J connectivity index is 2.03. The van der Waals surface area contributed by atoms with Crippen LogP contribution in [0.1, 0.15) is 79.1 Å². The van der Waals surface area contributed by atoms with Gasteiger partial charge < -0.3 is 10.1 Å². The van der Waals surface area contributed by atoms with Crippen LogP contribution in [-0.4, -0.2) is 24.8 Å². The van der Waals surface area contributed by atoms with Gasteiger partial charge in [0.05, 0.1) is 5.60 Å². The van der Waals surface area contributed by atoms with Crippen LogP contribution in [0.25, 0.3) is 0 Å². The van der Waals surface area contributed by atoms with Crippen molar-refractivity contribution in [2.75, 3.05) is 13.2 Å². The highest BCUT2D eigenvalue weighted by Crippen LogP contribution is 2.42. The molecule has 1 N–H and O–H groups in total. The molecular formula is C19H37NO. The maximum absolute atomic E-state index is 6.30. The summed E-state index contributed by atoms with van der Waals surface area (Å²) in [5.74, 6) is 2.31. The zero-order valence-electron chi connectivity index (χ0n) is 14.8. The van der Waals surface area contributed by atoms with Gasteiger partial charge in [-0.25, -0.2) is 0 Å². The smallest absolute Gasteiger partial charge is 0.0685 e. The average molecular weight is 296 g/mol. The van der Waals surface area contributed by atoms with Crippen LogP contribution in [0.2, 0.25) is 0 Å². The van der Waals surface area contributed by atoms with Crippen molar-refractivity contribution in [2.45, 2.75) is 90.7 Å². The first kappa shape index (κ1) is 17.3. The molecular weight excluding hydrogens is 258 g/mol. The van der Waals surface area contributed by atoms with E-state index in [1.54, 1.807) is 0 Å². The highest BCUT2D eigenvalue weighted by atomic mass is 16.5. The van der Waals surface area contributed by atoms with Crippen molar-refractivity contribution >= 4 is 0 Å². The summed E-state index contributed by atoms with van der Waals surface area (Å²) in [5, 5.41) is 3.89. The van der Waals surface area contributed by atoms with Crippen LogP contribution in [0, 0.1) is 17.8 Å². The molecule has 0 bridgehead atoms. The molecule has 1 aliphatic heterocycles. The third-order valence-corrected chi connectivity index (χ3v) is 6.05. The highest BCUT2D eigenvalue weighted by Gasteiger charge is 2.41. The number of rotatable bonds is 6. The third-order valence-electron chi connectivity index (χ3n) is 6.05. The fraction of sp³-hybridized carbons (Fsp3) is 1.00. The molecule has 2 nitrogen and oxygen atoms in total. The monoisotopic (exact) mass is 295 g/mol. The summed E-state index contributed by atoms with van der Waals surface area (Å²) in [4.78, 5) is 0. The Morgan fingerprint density at radius 2 is 1.86 bits per heavy atom. The van der Waals surface area contributed by atoms with E-state index in [9.17, 15) is 0 Å². The van der Waals surface area contributed by atoms with Crippen molar-refractivity contribution in [2.24, 2.45) is 17.8 Å². The van der Waals surface area contributed by atoms with E-state index in [1.807, 2.05) is 0 Å². The minimum absolute atomic E-state index is 0.240. The lowest BCUT2D eigenvalue weighted by molar-refractivity contribution is -0.124. The summed E-state index contributed by atoms with van der Waals surface area (Å²) in [5.41, 5.74) is 0.240. The predicted molar refractivity (Wildman–Crippen MR) is 90.6 cm³/mol. The molecule has 0 amide bonds. The molecule has 2 aliphatic rings. The lowest BCUT2D eigenvalue weighted by atomic mass is 9.71. The lowest BCUT2D eigenvalue weighted by Gasteiger charge is -2.47. The Morgan fingerprint density at radius 3 is 2.48 bits per heavy atom. The first-order chi connectivity index (χ1) is 10.1. The fourth-order valence-corrected chi connectivity index (χ4v) is 4.42. The fourth-order valence-electron chi connectivity index (χ4n) is 4.42. The molecule has 2 heteroatoms. The van der Waals surface area contributed by atoms with E-state index in [0.29, 0.717) is 6.04 Å². The molecule has 1 spiro atoms. The molecule has 3 atom stereocenters. The molecule has 0 aromatic heterocycles. The number of nitrogens with one attached hydrogen (secondary N) is 1. The van der Waals surface area contributed by atoms with Gasteiger partial charge in [-0.1, -0.05) is 47.0 Å². The van der Waals surface area contributed by atoms with Gasteiger partial charge in [-0.2, -0.15) is 0 Å². The molecule has 0 aromatic carbocycles. The van der Waals surface area contributed by atoms with Gasteiger partial charge in [-0.3, -0.25) is 0 Å². The predicted octanol–water partition coefficient (Wildman–Crippen LogP) is 4.78. The number of ether oxygens (including phenoxy) is 1. The molecule has 1 heterocycles. The van der Waals surface area contributed by atoms with Gasteiger partial charge in [0, 0.05) is 12.6 Å². The number of hydrogen-bond donors (Lipinski definition) is 1. The van der Waals surface area contributed by atoms with Crippen LogP contribution in [-0.2, 0) is 4.74 Å². The first-order valence-electron chi connectivity index (χ1n) is 9.45. The molecule has 0 radical (unpaired) electrons. The second kappa shape index (κ2) is 7.97. The highest BCUT2D eigenvalue weighted by molar-refractivity contribution is 4.94. The van der Waals surface area contributed by atoms with E-state index in [2.05, 4.69) is 33.0 Å². The van der Waals surface area contributed by atoms with E-state index >= 15 is 0 Å². The van der Waals surface area contributed by atoms with Crippen molar-refractivity contribution in [3.05, 3.63) is 0 Å². The van der Waals surface area contributed by atoms with Crippen molar-refractivity contribution in [3.63, 3.8) is 0 Å². The van der Waals surface area contributed by atoms with Crippen LogP contribution >= 0.6 is 0 Å². The average Bonchev–Trinajstić information content (AvgIpc) is 2.48. The molecule has 0 aromatic rings. The molecule has 2 fully saturated rings. The van der Waals surface area contributed by atoms with E-state index in [-0.39, 0.29) is 5.60 Å². The molecule has 21 heavy (non-hydrogen) atoms. The second-order valence-electron chi connectivity index (χ2n) is 7.93. The van der Waals surface area contributed by atoms with Gasteiger partial charge in [0.1, 0.15) is 0 Å². The second-order valence-corrected chi connectivity index (χ2v) is 7.93. The van der Waals surface area contributed by atoms with Gasteiger partial charge >= 0.3 is 0 Å². The SMILES string of the molecule is CCCNC(C1CCOC2(CCCCC2)C1)C(C)C(C)C. The maximum atomic E-state index is 6.30. The molecule has 124 valence electrons. The van der Waals surface area contributed by atoms with Gasteiger partial charge in [0.15, 0.2) is 0 Å². The van der Waals surface area contributed by atoms with Crippen molar-refractivity contribution < 1.29 is 4.74 Å². The summed E-state index contributed by atoms with van der Waals surface area (Å²) >= 11 is 0. The van der Waals surface area contributed by atoms with Crippen LogP contribution < -0.4 is 5.32 Å². The molecule has 1 saturated heterocycles. The molecule has 1 saturated carbocycles. The van der Waals surface area contributed by atoms with E-state index in [4.69, 9.17) is 4.74 Å². The van der Waals surface area contributed by atoms with Gasteiger partial charge in [-0.15, -0.1) is 0 Å². The topological polar surface area (TPSA) is 21.3 Å². The summed E-state index contributed by atoms with van der Waals surface area (Å²) in [6.45, 7) is 11.6. The van der Waals surface area contributed by atoms with Crippen molar-refractivity contribution in [1.82, 2.24) is 5.32 Å². The molecule has 1 aliphatic carbocycles. The Bertz CT molecular complexity index is 290. The first-order valence-corrected chi connectivity index (χ1v) is 9.45. The minimum atomic E-state index is 0.240. The Morgan fingerprint density at radius 1 is 1.14 bits per heavy atom. The van der Waals surface area contributed by atoms with Crippen molar-refractivity contribution in [3.8, 4) is 0 Å². The lowest BCUT2D eigenvalue weighted by Crippen LogP contribution is -2.50. The quantitative estimate of drug-likeness (QED) is 0.761. The van der Waals surface area contributed by atoms with Crippen molar-refractivity contribution in [1.29, 1.82) is 0 Å². The van der Waals surface area contributed by atoms with E-state index in [0.717, 1.165) is 30.9 Å². The Labute approximate surface area is 132 Å². The third kappa shape index (κ3) is 4.45. The summed E-state index contributed by atoms with van der Waals surface area (Å²) in [7, 11) is 0. The van der Waals surface area contributed by atoms with E-state index < -0.39 is 0 Å². The minimum Gasteiger partial charge on any atom is -0.375 e. The molecule has 2 rings (SSSR count). The summed E-state index contributed by atoms with van der Waals surface area (Å²) < 4.78 is 6.30. The van der Waals surface area contributed by atoms with Crippen LogP contribution in [0.3, 0.4) is 0 Å². The Hall–Kier alpha value is -0.0800. The normalized spacial score (nSPS) is 28.7. The van der Waals surface area contributed by atoms with E-state index in [1.165, 1.54) is 51.4 Å². The van der Waals surface area contributed by atoms with Gasteiger partial charge in [0.2, 0.25) is 0 Å². The molecule has 3 unspecified atom stereocenters. The zero-order valence-corrected chi connectivity index (χ0v) is 14.8. The standard InChI is InChI=1S/C19H37NO/c1-5-12-20-18(16(4)15(2)3)17-9-13-21-19(14-17)10-7-6-8-11-19/h15-18,20H,5-14H2,1-4H3. The van der Waals surface area contributed by atoms with Crippen LogP contribution in [0.15, 0.2) is 0 Å². The Kier molecular flexibility index (Phi) is 6.55.